The molecule has 3 nitrogen and oxygen atoms in total. The largest absolute Gasteiger partial charge is 0.455 e. The lowest BCUT2D eigenvalue weighted by atomic mass is 9.70. The van der Waals surface area contributed by atoms with E-state index in [1.807, 2.05) is 6.07 Å². The third-order valence-corrected chi connectivity index (χ3v) is 14.6. The summed E-state index contributed by atoms with van der Waals surface area (Å²) in [4.78, 5) is 5.77. The molecule has 3 heterocycles. The van der Waals surface area contributed by atoms with Gasteiger partial charge in [-0.15, -0.1) is 0 Å². The Labute approximate surface area is 374 Å². The first kappa shape index (κ1) is 35.0. The van der Waals surface area contributed by atoms with Crippen LogP contribution in [0.5, 0.6) is 0 Å². The van der Waals surface area contributed by atoms with Crippen LogP contribution in [-0.4, -0.2) is 9.55 Å². The van der Waals surface area contributed by atoms with Crippen molar-refractivity contribution in [1.82, 2.24) is 9.55 Å². The van der Waals surface area contributed by atoms with Crippen molar-refractivity contribution >= 4 is 65.4 Å². The highest BCUT2D eigenvalue weighted by atomic mass is 16.3. The summed E-state index contributed by atoms with van der Waals surface area (Å²) in [6.45, 7) is 0. The van der Waals surface area contributed by atoms with Crippen molar-refractivity contribution in [2.75, 3.05) is 0 Å². The standard InChI is InChI=1S/C62H36N2O/c1-8-25-50-41(16-1)42-17-2-9-26-51(42)62(50)52-27-10-3-22-49(52)58-53(62)33-32-47-43-18-4-11-28-54(43)63-60(59(47)58)38-34-37(40-23-15-24-48-46-21-7-14-31-57(46)65-61(40)48)35-39(36-38)64-55-29-12-5-19-44(55)45-20-6-13-30-56(45)64/h1-36H. The Bertz CT molecular complexity index is 4100. The highest BCUT2D eigenvalue weighted by Crippen LogP contribution is 2.64. The summed E-state index contributed by atoms with van der Waals surface area (Å²) in [5, 5.41) is 8.17. The quantitative estimate of drug-likeness (QED) is 0.166. The van der Waals surface area contributed by atoms with E-state index < -0.39 is 5.41 Å². The van der Waals surface area contributed by atoms with Gasteiger partial charge in [0.1, 0.15) is 11.2 Å². The van der Waals surface area contributed by atoms with Crippen LogP contribution in [0.3, 0.4) is 0 Å². The Kier molecular flexibility index (Phi) is 6.88. The van der Waals surface area contributed by atoms with Gasteiger partial charge in [0.2, 0.25) is 0 Å². The zero-order chi connectivity index (χ0) is 42.4. The summed E-state index contributed by atoms with van der Waals surface area (Å²) in [5.41, 5.74) is 20.1. The van der Waals surface area contributed by atoms with Crippen LogP contribution in [0.4, 0.5) is 0 Å². The summed E-state index contributed by atoms with van der Waals surface area (Å²) in [6.07, 6.45) is 0. The Morgan fingerprint density at radius 2 is 0.938 bits per heavy atom. The minimum absolute atomic E-state index is 0.483. The van der Waals surface area contributed by atoms with Crippen LogP contribution >= 0.6 is 0 Å². The third kappa shape index (κ3) is 4.51. The van der Waals surface area contributed by atoms with Gasteiger partial charge in [-0.05, 0) is 97.9 Å². The number of hydrogen-bond donors (Lipinski definition) is 0. The van der Waals surface area contributed by atoms with Gasteiger partial charge in [-0.2, -0.15) is 0 Å². The Morgan fingerprint density at radius 1 is 0.385 bits per heavy atom. The predicted octanol–water partition coefficient (Wildman–Crippen LogP) is 16.1. The fraction of sp³-hybridized carbons (Fsp3) is 0.0161. The fourth-order valence-corrected chi connectivity index (χ4v) is 12.0. The van der Waals surface area contributed by atoms with Gasteiger partial charge >= 0.3 is 0 Å². The summed E-state index contributed by atoms with van der Waals surface area (Å²) < 4.78 is 9.20. The Hall–Kier alpha value is -8.53. The molecule has 0 atom stereocenters. The van der Waals surface area contributed by atoms with E-state index in [4.69, 9.17) is 9.40 Å². The second-order valence-electron chi connectivity index (χ2n) is 17.7. The number of pyridine rings is 1. The molecule has 1 spiro atoms. The van der Waals surface area contributed by atoms with Gasteiger partial charge in [0.05, 0.1) is 27.7 Å². The molecule has 300 valence electrons. The van der Waals surface area contributed by atoms with Crippen LogP contribution in [-0.2, 0) is 5.41 Å². The molecule has 0 aliphatic heterocycles. The van der Waals surface area contributed by atoms with E-state index >= 15 is 0 Å². The molecule has 2 aliphatic carbocycles. The van der Waals surface area contributed by atoms with E-state index in [1.165, 1.54) is 66.1 Å². The fourth-order valence-electron chi connectivity index (χ4n) is 12.0. The minimum Gasteiger partial charge on any atom is -0.455 e. The first-order valence-corrected chi connectivity index (χ1v) is 22.5. The van der Waals surface area contributed by atoms with Crippen molar-refractivity contribution in [3.05, 3.63) is 241 Å². The normalized spacial score (nSPS) is 13.4. The van der Waals surface area contributed by atoms with Crippen LogP contribution in [0.25, 0.3) is 116 Å². The summed E-state index contributed by atoms with van der Waals surface area (Å²) in [7, 11) is 0. The molecule has 0 amide bonds. The number of fused-ring (bicyclic) bond motifs is 20. The van der Waals surface area contributed by atoms with E-state index in [1.54, 1.807) is 0 Å². The topological polar surface area (TPSA) is 31.0 Å². The van der Waals surface area contributed by atoms with Gasteiger partial charge in [0, 0.05) is 49.1 Å². The molecule has 0 saturated carbocycles. The van der Waals surface area contributed by atoms with Crippen molar-refractivity contribution in [2.45, 2.75) is 5.41 Å². The molecule has 3 heteroatoms. The first-order chi connectivity index (χ1) is 32.3. The molecule has 2 aliphatic rings. The van der Waals surface area contributed by atoms with Crippen LogP contribution in [0.15, 0.2) is 223 Å². The number of aromatic nitrogens is 2. The average molecular weight is 825 g/mol. The zero-order valence-electron chi connectivity index (χ0n) is 35.1. The SMILES string of the molecule is c1ccc2c(c1)-c1ccccc1C21c2ccccc2-c2c1ccc1c2c(-c2cc(-c3cccc4c3oc3ccccc34)cc(-n3c4ccccc4c4ccccc43)c2)nc2ccccc21. The molecular formula is C62H36N2O. The number of hydrogen-bond acceptors (Lipinski definition) is 2. The monoisotopic (exact) mass is 824 g/mol. The van der Waals surface area contributed by atoms with Crippen molar-refractivity contribution < 1.29 is 4.42 Å². The van der Waals surface area contributed by atoms with Crippen molar-refractivity contribution in [1.29, 1.82) is 0 Å². The lowest BCUT2D eigenvalue weighted by Crippen LogP contribution is -2.25. The lowest BCUT2D eigenvalue weighted by Gasteiger charge is -2.30. The third-order valence-electron chi connectivity index (χ3n) is 14.6. The number of para-hydroxylation sites is 5. The van der Waals surface area contributed by atoms with Gasteiger partial charge in [-0.25, -0.2) is 4.98 Å². The van der Waals surface area contributed by atoms with Crippen LogP contribution in [0.2, 0.25) is 0 Å². The number of benzene rings is 10. The molecule has 65 heavy (non-hydrogen) atoms. The number of nitrogens with zero attached hydrogens (tertiary/aromatic N) is 2. The molecule has 0 unspecified atom stereocenters. The van der Waals surface area contributed by atoms with Gasteiger partial charge in [-0.1, -0.05) is 176 Å². The molecule has 3 aromatic heterocycles. The highest BCUT2D eigenvalue weighted by Gasteiger charge is 2.52. The Morgan fingerprint density at radius 3 is 1.68 bits per heavy atom. The maximum Gasteiger partial charge on any atom is 0.143 e. The number of rotatable bonds is 3. The number of furan rings is 1. The van der Waals surface area contributed by atoms with E-state index in [0.717, 1.165) is 71.9 Å². The summed E-state index contributed by atoms with van der Waals surface area (Å²) in [6, 6.07) is 80.2. The Balaban J connectivity index is 1.11. The van der Waals surface area contributed by atoms with E-state index in [9.17, 15) is 0 Å². The smallest absolute Gasteiger partial charge is 0.143 e. The van der Waals surface area contributed by atoms with E-state index in [2.05, 4.69) is 217 Å². The molecule has 0 fully saturated rings. The molecule has 10 aromatic carbocycles. The van der Waals surface area contributed by atoms with Gasteiger partial charge in [0.25, 0.3) is 0 Å². The molecule has 0 saturated heterocycles. The van der Waals surface area contributed by atoms with Crippen molar-refractivity contribution in [3.8, 4) is 50.3 Å². The van der Waals surface area contributed by atoms with Crippen molar-refractivity contribution in [3.63, 3.8) is 0 Å². The second-order valence-corrected chi connectivity index (χ2v) is 17.7. The van der Waals surface area contributed by atoms with Gasteiger partial charge in [0.15, 0.2) is 0 Å². The maximum absolute atomic E-state index is 6.77. The lowest BCUT2D eigenvalue weighted by molar-refractivity contribution is 0.670. The first-order valence-electron chi connectivity index (χ1n) is 22.5. The molecule has 0 radical (unpaired) electrons. The van der Waals surface area contributed by atoms with Crippen molar-refractivity contribution in [2.24, 2.45) is 0 Å². The average Bonchev–Trinajstić information content (AvgIpc) is 4.10. The summed E-state index contributed by atoms with van der Waals surface area (Å²) in [5.74, 6) is 0. The molecule has 13 aromatic rings. The van der Waals surface area contributed by atoms with Crippen LogP contribution in [0, 0.1) is 0 Å². The minimum atomic E-state index is -0.483. The van der Waals surface area contributed by atoms with E-state index in [-0.39, 0.29) is 0 Å². The van der Waals surface area contributed by atoms with Gasteiger partial charge < -0.3 is 8.98 Å². The highest BCUT2D eigenvalue weighted by molar-refractivity contribution is 6.19. The molecule has 15 rings (SSSR count). The van der Waals surface area contributed by atoms with Gasteiger partial charge in [-0.3, -0.25) is 0 Å². The van der Waals surface area contributed by atoms with Crippen LogP contribution < -0.4 is 0 Å². The summed E-state index contributed by atoms with van der Waals surface area (Å²) >= 11 is 0. The maximum atomic E-state index is 6.77. The second kappa shape index (κ2) is 12.8. The van der Waals surface area contributed by atoms with Crippen LogP contribution in [0.1, 0.15) is 22.3 Å². The van der Waals surface area contributed by atoms with E-state index in [0.29, 0.717) is 0 Å². The zero-order valence-corrected chi connectivity index (χ0v) is 35.1. The molecule has 0 bridgehead atoms. The molecular weight excluding hydrogens is 789 g/mol. The predicted molar refractivity (Wildman–Crippen MR) is 268 cm³/mol. The molecule has 0 N–H and O–H groups in total.